The highest BCUT2D eigenvalue weighted by Gasteiger charge is 2.09. The quantitative estimate of drug-likeness (QED) is 0.727. The molecule has 0 saturated heterocycles. The Labute approximate surface area is 82.6 Å². The van der Waals surface area contributed by atoms with E-state index in [9.17, 15) is 0 Å². The molecule has 0 aliphatic carbocycles. The summed E-state index contributed by atoms with van der Waals surface area (Å²) in [4.78, 5) is 4.36. The Morgan fingerprint density at radius 1 is 1.46 bits per heavy atom. The van der Waals surface area contributed by atoms with Crippen LogP contribution >= 0.6 is 11.6 Å². The van der Waals surface area contributed by atoms with E-state index in [0.717, 1.165) is 29.5 Å². The van der Waals surface area contributed by atoms with E-state index in [1.54, 1.807) is 0 Å². The number of amidine groups is 1. The van der Waals surface area contributed by atoms with Crippen molar-refractivity contribution in [3.05, 3.63) is 34.3 Å². The van der Waals surface area contributed by atoms with Crippen LogP contribution in [-0.4, -0.2) is 18.9 Å². The van der Waals surface area contributed by atoms with E-state index < -0.39 is 0 Å². The van der Waals surface area contributed by atoms with Gasteiger partial charge in [0.1, 0.15) is 5.84 Å². The van der Waals surface area contributed by atoms with Crippen LogP contribution in [0.1, 0.15) is 11.1 Å². The largest absolute Gasteiger partial charge is 0.368 e. The molecule has 0 aromatic heterocycles. The topological polar surface area (TPSA) is 24.4 Å². The number of benzene rings is 1. The van der Waals surface area contributed by atoms with Gasteiger partial charge in [0.25, 0.3) is 0 Å². The van der Waals surface area contributed by atoms with Crippen LogP contribution < -0.4 is 5.32 Å². The Hall–Kier alpha value is -1.02. The van der Waals surface area contributed by atoms with Crippen LogP contribution in [-0.2, 0) is 0 Å². The Balaban J connectivity index is 2.40. The molecule has 2 nitrogen and oxygen atoms in total. The standard InChI is InChI=1S/C10H11ClN2/c1-7-6-8(11)2-3-9(7)10-12-4-5-13-10/h2-3,6H,4-5H2,1H3,(H,12,13). The lowest BCUT2D eigenvalue weighted by Crippen LogP contribution is -2.20. The van der Waals surface area contributed by atoms with Gasteiger partial charge in [0.2, 0.25) is 0 Å². The molecule has 1 N–H and O–H groups in total. The summed E-state index contributed by atoms with van der Waals surface area (Å²) in [5.41, 5.74) is 2.32. The van der Waals surface area contributed by atoms with Crippen LogP contribution in [0.2, 0.25) is 5.02 Å². The van der Waals surface area contributed by atoms with E-state index in [-0.39, 0.29) is 0 Å². The molecular formula is C10H11ClN2. The first-order valence-corrected chi connectivity index (χ1v) is 4.70. The van der Waals surface area contributed by atoms with E-state index in [1.165, 1.54) is 5.56 Å². The van der Waals surface area contributed by atoms with Crippen LogP contribution in [0.3, 0.4) is 0 Å². The van der Waals surface area contributed by atoms with Crippen molar-refractivity contribution < 1.29 is 0 Å². The SMILES string of the molecule is Cc1cc(Cl)ccc1C1=NCCN1. The Morgan fingerprint density at radius 2 is 2.31 bits per heavy atom. The van der Waals surface area contributed by atoms with Gasteiger partial charge in [0, 0.05) is 17.1 Å². The fourth-order valence-corrected chi connectivity index (χ4v) is 1.70. The van der Waals surface area contributed by atoms with Gasteiger partial charge in [-0.15, -0.1) is 0 Å². The number of aryl methyl sites for hydroxylation is 1. The van der Waals surface area contributed by atoms with Crippen LogP contribution in [0.4, 0.5) is 0 Å². The fourth-order valence-electron chi connectivity index (χ4n) is 1.47. The van der Waals surface area contributed by atoms with Gasteiger partial charge in [0.15, 0.2) is 0 Å². The van der Waals surface area contributed by atoms with Gasteiger partial charge in [0.05, 0.1) is 6.54 Å². The van der Waals surface area contributed by atoms with E-state index in [1.807, 2.05) is 25.1 Å². The summed E-state index contributed by atoms with van der Waals surface area (Å²) in [5, 5.41) is 4.02. The number of hydrogen-bond donors (Lipinski definition) is 1. The Kier molecular flexibility index (Phi) is 2.23. The average Bonchev–Trinajstić information content (AvgIpc) is 2.56. The second kappa shape index (κ2) is 3.38. The number of nitrogens with zero attached hydrogens (tertiary/aromatic N) is 1. The highest BCUT2D eigenvalue weighted by Crippen LogP contribution is 2.16. The molecule has 0 bridgehead atoms. The number of aliphatic imine (C=N–C) groups is 1. The zero-order valence-electron chi connectivity index (χ0n) is 7.47. The molecule has 0 unspecified atom stereocenters. The van der Waals surface area contributed by atoms with Gasteiger partial charge in [-0.1, -0.05) is 11.6 Å². The van der Waals surface area contributed by atoms with Gasteiger partial charge in [-0.3, -0.25) is 4.99 Å². The van der Waals surface area contributed by atoms with Crippen LogP contribution in [0.15, 0.2) is 23.2 Å². The van der Waals surface area contributed by atoms with Gasteiger partial charge in [-0.05, 0) is 30.7 Å². The van der Waals surface area contributed by atoms with Crippen LogP contribution in [0.25, 0.3) is 0 Å². The molecular weight excluding hydrogens is 184 g/mol. The van der Waals surface area contributed by atoms with Crippen molar-refractivity contribution in [3.8, 4) is 0 Å². The Morgan fingerprint density at radius 3 is 2.92 bits per heavy atom. The highest BCUT2D eigenvalue weighted by atomic mass is 35.5. The zero-order chi connectivity index (χ0) is 9.26. The third kappa shape index (κ3) is 1.68. The first-order chi connectivity index (χ1) is 6.27. The summed E-state index contributed by atoms with van der Waals surface area (Å²) in [6.45, 7) is 3.86. The molecule has 0 fully saturated rings. The number of hydrogen-bond acceptors (Lipinski definition) is 2. The van der Waals surface area contributed by atoms with Crippen molar-refractivity contribution in [2.24, 2.45) is 4.99 Å². The molecule has 0 amide bonds. The molecule has 1 heterocycles. The highest BCUT2D eigenvalue weighted by molar-refractivity contribution is 6.30. The molecule has 1 aromatic rings. The predicted molar refractivity (Wildman–Crippen MR) is 55.6 cm³/mol. The Bertz CT molecular complexity index is 358. The number of halogens is 1. The average molecular weight is 195 g/mol. The molecule has 1 aromatic carbocycles. The summed E-state index contributed by atoms with van der Waals surface area (Å²) < 4.78 is 0. The van der Waals surface area contributed by atoms with E-state index in [2.05, 4.69) is 10.3 Å². The minimum absolute atomic E-state index is 0.778. The monoisotopic (exact) mass is 194 g/mol. The van der Waals surface area contributed by atoms with Gasteiger partial charge < -0.3 is 5.32 Å². The minimum atomic E-state index is 0.778. The normalized spacial score (nSPS) is 15.4. The molecule has 1 aliphatic heterocycles. The molecule has 13 heavy (non-hydrogen) atoms. The lowest BCUT2D eigenvalue weighted by atomic mass is 10.1. The van der Waals surface area contributed by atoms with Gasteiger partial charge in [-0.25, -0.2) is 0 Å². The van der Waals surface area contributed by atoms with E-state index >= 15 is 0 Å². The first-order valence-electron chi connectivity index (χ1n) is 4.32. The lowest BCUT2D eigenvalue weighted by Gasteiger charge is -2.06. The second-order valence-corrected chi connectivity index (χ2v) is 3.55. The molecule has 1 aliphatic rings. The molecule has 3 heteroatoms. The number of nitrogens with one attached hydrogen (secondary N) is 1. The maximum absolute atomic E-state index is 5.86. The van der Waals surface area contributed by atoms with E-state index in [0.29, 0.717) is 0 Å². The predicted octanol–water partition coefficient (Wildman–Crippen LogP) is 2.00. The molecule has 0 spiro atoms. The third-order valence-corrected chi connectivity index (χ3v) is 2.35. The van der Waals surface area contributed by atoms with Crippen molar-refractivity contribution >= 4 is 17.4 Å². The molecule has 0 saturated carbocycles. The minimum Gasteiger partial charge on any atom is -0.368 e. The van der Waals surface area contributed by atoms with Crippen molar-refractivity contribution in [2.75, 3.05) is 13.1 Å². The summed E-state index contributed by atoms with van der Waals surface area (Å²) in [6, 6.07) is 5.86. The summed E-state index contributed by atoms with van der Waals surface area (Å²) >= 11 is 5.86. The van der Waals surface area contributed by atoms with Gasteiger partial charge in [-0.2, -0.15) is 0 Å². The molecule has 68 valence electrons. The lowest BCUT2D eigenvalue weighted by molar-refractivity contribution is 0.959. The fraction of sp³-hybridized carbons (Fsp3) is 0.300. The van der Waals surface area contributed by atoms with Crippen LogP contribution in [0, 0.1) is 6.92 Å². The van der Waals surface area contributed by atoms with Gasteiger partial charge >= 0.3 is 0 Å². The third-order valence-electron chi connectivity index (χ3n) is 2.12. The van der Waals surface area contributed by atoms with Crippen molar-refractivity contribution in [2.45, 2.75) is 6.92 Å². The van der Waals surface area contributed by atoms with E-state index in [4.69, 9.17) is 11.6 Å². The van der Waals surface area contributed by atoms with Crippen molar-refractivity contribution in [3.63, 3.8) is 0 Å². The molecule has 2 rings (SSSR count). The first kappa shape index (κ1) is 8.57. The van der Waals surface area contributed by atoms with Crippen molar-refractivity contribution in [1.29, 1.82) is 0 Å². The summed E-state index contributed by atoms with van der Waals surface area (Å²) in [7, 11) is 0. The molecule has 0 atom stereocenters. The van der Waals surface area contributed by atoms with Crippen molar-refractivity contribution in [1.82, 2.24) is 5.32 Å². The maximum Gasteiger partial charge on any atom is 0.128 e. The zero-order valence-corrected chi connectivity index (χ0v) is 8.23. The second-order valence-electron chi connectivity index (χ2n) is 3.12. The summed E-state index contributed by atoms with van der Waals surface area (Å²) in [5.74, 6) is 0.995. The maximum atomic E-state index is 5.86. The smallest absolute Gasteiger partial charge is 0.128 e. The number of rotatable bonds is 1. The molecule has 0 radical (unpaired) electrons. The van der Waals surface area contributed by atoms with Crippen LogP contribution in [0.5, 0.6) is 0 Å². The summed E-state index contributed by atoms with van der Waals surface area (Å²) in [6.07, 6.45) is 0.